The Morgan fingerprint density at radius 3 is 2.23 bits per heavy atom. The molecule has 0 atom stereocenters. The zero-order chi connectivity index (χ0) is 16.1. The van der Waals surface area contributed by atoms with Gasteiger partial charge in [0.25, 0.3) is 0 Å². The highest BCUT2D eigenvalue weighted by atomic mass is 16.5. The summed E-state index contributed by atoms with van der Waals surface area (Å²) in [6.45, 7) is 3.32. The minimum absolute atomic E-state index is 0.0120. The molecule has 22 heavy (non-hydrogen) atoms. The van der Waals surface area contributed by atoms with Gasteiger partial charge < -0.3 is 9.47 Å². The van der Waals surface area contributed by atoms with Crippen LogP contribution < -0.4 is 9.47 Å². The molecule has 0 saturated heterocycles. The Balaban J connectivity index is 2.20. The van der Waals surface area contributed by atoms with Crippen molar-refractivity contribution in [1.82, 2.24) is 0 Å². The average molecular weight is 298 g/mol. The summed E-state index contributed by atoms with van der Waals surface area (Å²) in [6.07, 6.45) is 0. The average Bonchev–Trinajstić information content (AvgIpc) is 2.52. The summed E-state index contributed by atoms with van der Waals surface area (Å²) in [6, 6.07) is 12.3. The van der Waals surface area contributed by atoms with Crippen molar-refractivity contribution >= 4 is 11.6 Å². The van der Waals surface area contributed by atoms with Crippen molar-refractivity contribution in [2.75, 3.05) is 7.11 Å². The number of Topliss-reactive ketones (excluding diaryl/α,β-unsaturated/α-hetero) is 2. The number of carbonyl (C=O) groups is 2. The standard InChI is InChI=1S/C18H18O4/c1-12(19)15-6-4-5-14(9-15)11-22-18-10-16(13(2)20)7-8-17(18)21-3/h4-10H,11H2,1-3H3. The lowest BCUT2D eigenvalue weighted by molar-refractivity contribution is 0.100. The van der Waals surface area contributed by atoms with E-state index in [2.05, 4.69) is 0 Å². The third-order valence-corrected chi connectivity index (χ3v) is 3.30. The van der Waals surface area contributed by atoms with Crippen LogP contribution in [0.2, 0.25) is 0 Å². The predicted molar refractivity (Wildman–Crippen MR) is 83.8 cm³/mol. The molecule has 2 aromatic rings. The van der Waals surface area contributed by atoms with Crippen molar-refractivity contribution in [2.45, 2.75) is 20.5 Å². The first kappa shape index (κ1) is 15.8. The zero-order valence-electron chi connectivity index (χ0n) is 12.9. The Bertz CT molecular complexity index is 704. The van der Waals surface area contributed by atoms with Gasteiger partial charge >= 0.3 is 0 Å². The number of rotatable bonds is 6. The van der Waals surface area contributed by atoms with Gasteiger partial charge in [-0.25, -0.2) is 0 Å². The van der Waals surface area contributed by atoms with Crippen LogP contribution in [0.5, 0.6) is 11.5 Å². The predicted octanol–water partition coefficient (Wildman–Crippen LogP) is 3.68. The van der Waals surface area contributed by atoms with Gasteiger partial charge in [-0.1, -0.05) is 18.2 Å². The maximum Gasteiger partial charge on any atom is 0.162 e. The molecule has 0 aromatic heterocycles. The number of ether oxygens (including phenoxy) is 2. The van der Waals surface area contributed by atoms with Gasteiger partial charge in [-0.2, -0.15) is 0 Å². The van der Waals surface area contributed by atoms with E-state index in [1.54, 1.807) is 37.4 Å². The molecular weight excluding hydrogens is 280 g/mol. The van der Waals surface area contributed by atoms with Crippen LogP contribution >= 0.6 is 0 Å². The Kier molecular flexibility index (Phi) is 4.94. The Morgan fingerprint density at radius 2 is 1.59 bits per heavy atom. The van der Waals surface area contributed by atoms with Crippen LogP contribution in [0.1, 0.15) is 40.1 Å². The third-order valence-electron chi connectivity index (χ3n) is 3.30. The zero-order valence-corrected chi connectivity index (χ0v) is 12.9. The molecule has 2 rings (SSSR count). The first-order valence-corrected chi connectivity index (χ1v) is 6.93. The highest BCUT2D eigenvalue weighted by Crippen LogP contribution is 2.29. The number of carbonyl (C=O) groups excluding carboxylic acids is 2. The molecule has 114 valence electrons. The van der Waals surface area contributed by atoms with E-state index in [1.807, 2.05) is 12.1 Å². The van der Waals surface area contributed by atoms with Crippen molar-refractivity contribution in [1.29, 1.82) is 0 Å². The summed E-state index contributed by atoms with van der Waals surface area (Å²) in [5, 5.41) is 0. The minimum atomic E-state index is -0.0360. The highest BCUT2D eigenvalue weighted by molar-refractivity contribution is 5.95. The highest BCUT2D eigenvalue weighted by Gasteiger charge is 2.09. The van der Waals surface area contributed by atoms with E-state index < -0.39 is 0 Å². The molecule has 0 aliphatic carbocycles. The van der Waals surface area contributed by atoms with Crippen molar-refractivity contribution in [3.63, 3.8) is 0 Å². The molecule has 0 radical (unpaired) electrons. The lowest BCUT2D eigenvalue weighted by atomic mass is 10.1. The topological polar surface area (TPSA) is 52.6 Å². The SMILES string of the molecule is COc1ccc(C(C)=O)cc1OCc1cccc(C(C)=O)c1. The lowest BCUT2D eigenvalue weighted by Crippen LogP contribution is -2.01. The van der Waals surface area contributed by atoms with Crippen molar-refractivity contribution in [3.05, 3.63) is 59.2 Å². The van der Waals surface area contributed by atoms with Gasteiger partial charge in [0.05, 0.1) is 7.11 Å². The molecule has 0 fully saturated rings. The van der Waals surface area contributed by atoms with Gasteiger partial charge in [-0.15, -0.1) is 0 Å². The summed E-state index contributed by atoms with van der Waals surface area (Å²) in [7, 11) is 1.55. The van der Waals surface area contributed by atoms with Gasteiger partial charge in [-0.3, -0.25) is 9.59 Å². The van der Waals surface area contributed by atoms with E-state index in [4.69, 9.17) is 9.47 Å². The quantitative estimate of drug-likeness (QED) is 0.763. The smallest absolute Gasteiger partial charge is 0.162 e. The van der Waals surface area contributed by atoms with E-state index in [-0.39, 0.29) is 11.6 Å². The maximum absolute atomic E-state index is 11.5. The van der Waals surface area contributed by atoms with Crippen LogP contribution in [0.15, 0.2) is 42.5 Å². The minimum Gasteiger partial charge on any atom is -0.493 e. The summed E-state index contributed by atoms with van der Waals surface area (Å²) in [5.41, 5.74) is 2.09. The van der Waals surface area contributed by atoms with Gasteiger partial charge in [0.2, 0.25) is 0 Å². The van der Waals surface area contributed by atoms with Crippen LogP contribution in [-0.4, -0.2) is 18.7 Å². The number of methoxy groups -OCH3 is 1. The molecule has 0 spiro atoms. The first-order valence-electron chi connectivity index (χ1n) is 6.93. The van der Waals surface area contributed by atoms with Gasteiger partial charge in [0.15, 0.2) is 23.1 Å². The fourth-order valence-corrected chi connectivity index (χ4v) is 2.05. The molecule has 0 saturated carbocycles. The summed E-state index contributed by atoms with van der Waals surface area (Å²) < 4.78 is 11.0. The van der Waals surface area contributed by atoms with Crippen molar-refractivity contribution < 1.29 is 19.1 Å². The van der Waals surface area contributed by atoms with E-state index in [1.165, 1.54) is 13.8 Å². The monoisotopic (exact) mass is 298 g/mol. The molecule has 0 heterocycles. The van der Waals surface area contributed by atoms with E-state index in [0.717, 1.165) is 5.56 Å². The summed E-state index contributed by atoms with van der Waals surface area (Å²) in [4.78, 5) is 22.9. The molecule has 2 aromatic carbocycles. The largest absolute Gasteiger partial charge is 0.493 e. The molecule has 0 amide bonds. The Labute approximate surface area is 129 Å². The number of hydrogen-bond acceptors (Lipinski definition) is 4. The lowest BCUT2D eigenvalue weighted by Gasteiger charge is -2.12. The third kappa shape index (κ3) is 3.73. The Hall–Kier alpha value is -2.62. The van der Waals surface area contributed by atoms with Crippen LogP contribution in [0.4, 0.5) is 0 Å². The summed E-state index contributed by atoms with van der Waals surface area (Å²) >= 11 is 0. The van der Waals surface area contributed by atoms with Gasteiger partial charge in [0.1, 0.15) is 6.61 Å². The molecular formula is C18H18O4. The van der Waals surface area contributed by atoms with E-state index in [9.17, 15) is 9.59 Å². The van der Waals surface area contributed by atoms with Crippen LogP contribution in [0.3, 0.4) is 0 Å². The second kappa shape index (κ2) is 6.89. The molecule has 0 unspecified atom stereocenters. The van der Waals surface area contributed by atoms with Crippen LogP contribution in [0.25, 0.3) is 0 Å². The van der Waals surface area contributed by atoms with Crippen LogP contribution in [0, 0.1) is 0 Å². The second-order valence-corrected chi connectivity index (χ2v) is 4.97. The molecule has 0 N–H and O–H groups in total. The van der Waals surface area contributed by atoms with Gasteiger partial charge in [0, 0.05) is 11.1 Å². The number of ketones is 2. The maximum atomic E-state index is 11.5. The molecule has 0 bridgehead atoms. The number of hydrogen-bond donors (Lipinski definition) is 0. The molecule has 0 aliphatic rings. The molecule has 4 nitrogen and oxygen atoms in total. The first-order chi connectivity index (χ1) is 10.5. The Morgan fingerprint density at radius 1 is 0.909 bits per heavy atom. The normalized spacial score (nSPS) is 10.1. The van der Waals surface area contributed by atoms with E-state index in [0.29, 0.717) is 29.2 Å². The van der Waals surface area contributed by atoms with Crippen molar-refractivity contribution in [3.8, 4) is 11.5 Å². The molecule has 4 heteroatoms. The summed E-state index contributed by atoms with van der Waals surface area (Å²) in [5.74, 6) is 1.04. The fourth-order valence-electron chi connectivity index (χ4n) is 2.05. The number of benzene rings is 2. The fraction of sp³-hybridized carbons (Fsp3) is 0.222. The molecule has 0 aliphatic heterocycles. The van der Waals surface area contributed by atoms with Crippen molar-refractivity contribution in [2.24, 2.45) is 0 Å². The second-order valence-electron chi connectivity index (χ2n) is 4.97. The van der Waals surface area contributed by atoms with Crippen LogP contribution in [-0.2, 0) is 6.61 Å². The van der Waals surface area contributed by atoms with Gasteiger partial charge in [-0.05, 0) is 43.7 Å². The van der Waals surface area contributed by atoms with E-state index >= 15 is 0 Å².